The summed E-state index contributed by atoms with van der Waals surface area (Å²) >= 11 is 1.51. The van der Waals surface area contributed by atoms with Gasteiger partial charge in [-0.3, -0.25) is 9.89 Å². The van der Waals surface area contributed by atoms with Gasteiger partial charge in [-0.1, -0.05) is 6.58 Å². The molecule has 4 aromatic rings. The van der Waals surface area contributed by atoms with E-state index in [1.807, 2.05) is 0 Å². The fourth-order valence-electron chi connectivity index (χ4n) is 3.32. The maximum absolute atomic E-state index is 13.1. The predicted molar refractivity (Wildman–Crippen MR) is 115 cm³/mol. The number of amides is 1. The number of nitrogens with zero attached hydrogens (tertiary/aromatic N) is 4. The standard InChI is InChI=1S/C20H15F2N7O2S/c1-10-9-32-16-5-11(15(31-20(21)22)6-13(16)26-10)17-14(8-24-28-17)27-19(30)12-7-25-29-4-2-3-23-18(12)29/h2-8,20,26H,1,9H2,(H,24,28)(H,27,30). The van der Waals surface area contributed by atoms with E-state index in [0.717, 1.165) is 10.6 Å². The number of benzene rings is 1. The number of hydrogen-bond acceptors (Lipinski definition) is 7. The summed E-state index contributed by atoms with van der Waals surface area (Å²) in [4.78, 5) is 17.9. The molecule has 0 saturated carbocycles. The first-order valence-corrected chi connectivity index (χ1v) is 10.3. The van der Waals surface area contributed by atoms with E-state index >= 15 is 0 Å². The zero-order chi connectivity index (χ0) is 22.2. The molecule has 1 aliphatic rings. The lowest BCUT2D eigenvalue weighted by atomic mass is 10.1. The lowest BCUT2D eigenvalue weighted by Crippen LogP contribution is -2.13. The summed E-state index contributed by atoms with van der Waals surface area (Å²) in [6.45, 7) is 0.842. The number of nitrogens with one attached hydrogen (secondary N) is 3. The van der Waals surface area contributed by atoms with E-state index < -0.39 is 12.5 Å². The number of hydrogen-bond donors (Lipinski definition) is 3. The normalized spacial score (nSPS) is 13.2. The molecular formula is C20H15F2N7O2S. The molecule has 12 heteroatoms. The van der Waals surface area contributed by atoms with Gasteiger partial charge in [-0.2, -0.15) is 19.0 Å². The van der Waals surface area contributed by atoms with Crippen molar-refractivity contribution in [3.63, 3.8) is 0 Å². The highest BCUT2D eigenvalue weighted by Crippen LogP contribution is 2.44. The number of anilines is 2. The minimum absolute atomic E-state index is 0.0704. The van der Waals surface area contributed by atoms with E-state index in [9.17, 15) is 13.6 Å². The van der Waals surface area contributed by atoms with Gasteiger partial charge in [0, 0.05) is 40.4 Å². The van der Waals surface area contributed by atoms with Gasteiger partial charge in [-0.15, -0.1) is 11.8 Å². The number of aromatic amines is 1. The first-order chi connectivity index (χ1) is 15.5. The van der Waals surface area contributed by atoms with Crippen LogP contribution in [0.15, 0.2) is 60.2 Å². The molecule has 3 N–H and O–H groups in total. The zero-order valence-corrected chi connectivity index (χ0v) is 17.1. The van der Waals surface area contributed by atoms with Crippen LogP contribution in [-0.4, -0.2) is 43.1 Å². The Morgan fingerprint density at radius 3 is 3.06 bits per heavy atom. The van der Waals surface area contributed by atoms with Crippen molar-refractivity contribution in [1.82, 2.24) is 24.8 Å². The molecule has 32 heavy (non-hydrogen) atoms. The summed E-state index contributed by atoms with van der Waals surface area (Å²) in [7, 11) is 0. The van der Waals surface area contributed by atoms with Crippen LogP contribution in [0.2, 0.25) is 0 Å². The molecule has 9 nitrogen and oxygen atoms in total. The second kappa shape index (κ2) is 7.96. The SMILES string of the molecule is C=C1CSc2cc(-c3[nH]ncc3NC(=O)c3cnn4cccnc34)c(OC(F)F)cc2N1. The minimum Gasteiger partial charge on any atom is -0.434 e. The van der Waals surface area contributed by atoms with Crippen LogP contribution in [0.25, 0.3) is 16.9 Å². The van der Waals surface area contributed by atoms with Gasteiger partial charge < -0.3 is 15.4 Å². The first kappa shape index (κ1) is 20.0. The van der Waals surface area contributed by atoms with E-state index in [2.05, 4.69) is 37.5 Å². The van der Waals surface area contributed by atoms with Crippen molar-refractivity contribution in [3.05, 3.63) is 60.8 Å². The number of ether oxygens (including phenoxy) is 1. The summed E-state index contributed by atoms with van der Waals surface area (Å²) in [5, 5.41) is 16.7. The van der Waals surface area contributed by atoms with E-state index in [0.29, 0.717) is 34.0 Å². The second-order valence-electron chi connectivity index (χ2n) is 6.80. The van der Waals surface area contributed by atoms with Crippen molar-refractivity contribution in [2.45, 2.75) is 11.5 Å². The average Bonchev–Trinajstić information content (AvgIpc) is 3.39. The van der Waals surface area contributed by atoms with Gasteiger partial charge in [0.2, 0.25) is 0 Å². The zero-order valence-electron chi connectivity index (χ0n) is 16.3. The molecule has 162 valence electrons. The number of carbonyl (C=O) groups is 1. The van der Waals surface area contributed by atoms with Crippen LogP contribution in [0.3, 0.4) is 0 Å². The Bertz CT molecular complexity index is 1350. The number of alkyl halides is 2. The molecule has 4 heterocycles. The van der Waals surface area contributed by atoms with E-state index in [1.165, 1.54) is 34.7 Å². The summed E-state index contributed by atoms with van der Waals surface area (Å²) in [6.07, 6.45) is 6.02. The Labute approximate surface area is 183 Å². The molecule has 0 atom stereocenters. The van der Waals surface area contributed by atoms with Crippen LogP contribution in [0.5, 0.6) is 5.75 Å². The highest BCUT2D eigenvalue weighted by atomic mass is 32.2. The number of halogens is 2. The molecule has 0 fully saturated rings. The Kier molecular flexibility index (Phi) is 4.98. The van der Waals surface area contributed by atoms with Crippen LogP contribution in [0, 0.1) is 0 Å². The molecular weight excluding hydrogens is 440 g/mol. The number of thioether (sulfide) groups is 1. The topological polar surface area (TPSA) is 109 Å². The van der Waals surface area contributed by atoms with Crippen LogP contribution < -0.4 is 15.4 Å². The fraction of sp³-hybridized carbons (Fsp3) is 0.100. The van der Waals surface area contributed by atoms with Crippen molar-refractivity contribution in [2.24, 2.45) is 0 Å². The summed E-state index contributed by atoms with van der Waals surface area (Å²) in [6, 6.07) is 4.88. The smallest absolute Gasteiger partial charge is 0.387 e. The summed E-state index contributed by atoms with van der Waals surface area (Å²) < 4.78 is 32.5. The van der Waals surface area contributed by atoms with Crippen LogP contribution >= 0.6 is 11.8 Å². The number of carbonyl (C=O) groups excluding carboxylic acids is 1. The van der Waals surface area contributed by atoms with Gasteiger partial charge in [0.05, 0.1) is 29.5 Å². The predicted octanol–water partition coefficient (Wildman–Crippen LogP) is 4.00. The number of rotatable bonds is 5. The average molecular weight is 455 g/mol. The van der Waals surface area contributed by atoms with E-state index in [4.69, 9.17) is 4.74 Å². The maximum Gasteiger partial charge on any atom is 0.387 e. The second-order valence-corrected chi connectivity index (χ2v) is 7.82. The molecule has 0 aliphatic carbocycles. The molecule has 5 rings (SSSR count). The molecule has 0 unspecified atom stereocenters. The quantitative estimate of drug-likeness (QED) is 0.417. The minimum atomic E-state index is -3.03. The third kappa shape index (κ3) is 3.64. The molecule has 1 aromatic carbocycles. The Morgan fingerprint density at radius 1 is 1.34 bits per heavy atom. The molecule has 3 aromatic heterocycles. The number of aromatic nitrogens is 5. The molecule has 1 amide bonds. The number of fused-ring (bicyclic) bond motifs is 2. The monoisotopic (exact) mass is 455 g/mol. The fourth-order valence-corrected chi connectivity index (χ4v) is 4.19. The van der Waals surface area contributed by atoms with Gasteiger partial charge in [-0.25, -0.2) is 9.50 Å². The molecule has 0 spiro atoms. The van der Waals surface area contributed by atoms with Gasteiger partial charge in [0.25, 0.3) is 5.91 Å². The molecule has 0 bridgehead atoms. The van der Waals surface area contributed by atoms with Crippen molar-refractivity contribution >= 4 is 34.7 Å². The van der Waals surface area contributed by atoms with Gasteiger partial charge in [0.1, 0.15) is 11.3 Å². The van der Waals surface area contributed by atoms with Gasteiger partial charge in [0.15, 0.2) is 5.65 Å². The van der Waals surface area contributed by atoms with Gasteiger partial charge in [-0.05, 0) is 12.1 Å². The van der Waals surface area contributed by atoms with E-state index in [-0.39, 0.29) is 11.3 Å². The largest absolute Gasteiger partial charge is 0.434 e. The van der Waals surface area contributed by atoms with E-state index in [1.54, 1.807) is 24.5 Å². The highest BCUT2D eigenvalue weighted by Gasteiger charge is 2.23. The van der Waals surface area contributed by atoms with Crippen molar-refractivity contribution in [3.8, 4) is 17.0 Å². The van der Waals surface area contributed by atoms with Crippen molar-refractivity contribution in [1.29, 1.82) is 0 Å². The summed E-state index contributed by atoms with van der Waals surface area (Å²) in [5.74, 6) is 0.0948. The lowest BCUT2D eigenvalue weighted by molar-refractivity contribution is -0.0494. The van der Waals surface area contributed by atoms with Gasteiger partial charge >= 0.3 is 6.61 Å². The van der Waals surface area contributed by atoms with Crippen molar-refractivity contribution < 1.29 is 18.3 Å². The molecule has 0 radical (unpaired) electrons. The maximum atomic E-state index is 13.1. The first-order valence-electron chi connectivity index (χ1n) is 9.33. The molecule has 0 saturated heterocycles. The Morgan fingerprint density at radius 2 is 2.22 bits per heavy atom. The Balaban J connectivity index is 1.52. The lowest BCUT2D eigenvalue weighted by Gasteiger charge is -2.22. The molecule has 1 aliphatic heterocycles. The third-order valence-corrected chi connectivity index (χ3v) is 5.83. The van der Waals surface area contributed by atoms with Crippen LogP contribution in [0.4, 0.5) is 20.2 Å². The number of H-pyrrole nitrogens is 1. The van der Waals surface area contributed by atoms with Crippen LogP contribution in [0.1, 0.15) is 10.4 Å². The third-order valence-electron chi connectivity index (χ3n) is 4.69. The Hall–Kier alpha value is -3.93. The summed E-state index contributed by atoms with van der Waals surface area (Å²) in [5.41, 5.74) is 2.96. The van der Waals surface area contributed by atoms with Crippen LogP contribution in [-0.2, 0) is 0 Å². The highest BCUT2D eigenvalue weighted by molar-refractivity contribution is 7.99. The van der Waals surface area contributed by atoms with Crippen molar-refractivity contribution in [2.75, 3.05) is 16.4 Å².